The lowest BCUT2D eigenvalue weighted by atomic mass is 10.1. The Hall–Kier alpha value is -2.82. The number of hydrogen-bond donors (Lipinski definition) is 2. The lowest BCUT2D eigenvalue weighted by Gasteiger charge is -2.11. The normalized spacial score (nSPS) is 10.0. The van der Waals surface area contributed by atoms with Crippen molar-refractivity contribution < 1.29 is 14.3 Å². The number of carbonyl (C=O) groups is 2. The third kappa shape index (κ3) is 4.32. The minimum absolute atomic E-state index is 0.201. The van der Waals surface area contributed by atoms with Gasteiger partial charge in [0.2, 0.25) is 0 Å². The van der Waals surface area contributed by atoms with E-state index in [0.29, 0.717) is 29.2 Å². The second kappa shape index (κ2) is 7.98. The van der Waals surface area contributed by atoms with Gasteiger partial charge < -0.3 is 15.4 Å². The first kappa shape index (κ1) is 16.5. The van der Waals surface area contributed by atoms with Crippen LogP contribution in [-0.2, 0) is 0 Å². The Morgan fingerprint density at radius 1 is 1.04 bits per heavy atom. The number of ether oxygens (including phenoxy) is 1. The number of rotatable bonds is 6. The van der Waals surface area contributed by atoms with Gasteiger partial charge in [0.25, 0.3) is 11.8 Å². The molecule has 2 N–H and O–H groups in total. The van der Waals surface area contributed by atoms with Crippen molar-refractivity contribution in [3.05, 3.63) is 59.7 Å². The average Bonchev–Trinajstić information content (AvgIpc) is 2.59. The Bertz CT molecular complexity index is 698. The van der Waals surface area contributed by atoms with Crippen LogP contribution in [-0.4, -0.2) is 25.5 Å². The topological polar surface area (TPSA) is 67.4 Å². The average molecular weight is 312 g/mol. The Balaban J connectivity index is 2.18. The van der Waals surface area contributed by atoms with Gasteiger partial charge in [-0.2, -0.15) is 0 Å². The molecule has 0 radical (unpaired) electrons. The Morgan fingerprint density at radius 2 is 1.83 bits per heavy atom. The number of para-hydroxylation sites is 1. The van der Waals surface area contributed by atoms with Crippen LogP contribution in [0.15, 0.2) is 48.5 Å². The predicted molar refractivity (Wildman–Crippen MR) is 90.0 cm³/mol. The van der Waals surface area contributed by atoms with Crippen LogP contribution in [0.5, 0.6) is 5.75 Å². The van der Waals surface area contributed by atoms with E-state index >= 15 is 0 Å². The van der Waals surface area contributed by atoms with E-state index in [1.807, 2.05) is 13.0 Å². The molecule has 0 saturated heterocycles. The summed E-state index contributed by atoms with van der Waals surface area (Å²) in [6, 6.07) is 13.9. The molecule has 0 aliphatic rings. The fourth-order valence-electron chi connectivity index (χ4n) is 2.07. The summed E-state index contributed by atoms with van der Waals surface area (Å²) in [5, 5.41) is 5.35. The standard InChI is InChI=1S/C18H20N2O3/c1-3-11-23-16-10-5-4-9-15(16)18(22)20-14-8-6-7-13(12-14)17(21)19-2/h4-10,12H,3,11H2,1-2H3,(H,19,21)(H,20,22). The molecular weight excluding hydrogens is 292 g/mol. The summed E-state index contributed by atoms with van der Waals surface area (Å²) in [4.78, 5) is 24.1. The lowest BCUT2D eigenvalue weighted by molar-refractivity contribution is 0.0961. The van der Waals surface area contributed by atoms with Crippen molar-refractivity contribution in [1.82, 2.24) is 5.32 Å². The van der Waals surface area contributed by atoms with Crippen LogP contribution in [0.25, 0.3) is 0 Å². The van der Waals surface area contributed by atoms with Gasteiger partial charge in [0.05, 0.1) is 12.2 Å². The molecule has 0 unspecified atom stereocenters. The van der Waals surface area contributed by atoms with Gasteiger partial charge >= 0.3 is 0 Å². The van der Waals surface area contributed by atoms with Crippen LogP contribution < -0.4 is 15.4 Å². The van der Waals surface area contributed by atoms with Crippen molar-refractivity contribution in [2.24, 2.45) is 0 Å². The second-order valence-corrected chi connectivity index (χ2v) is 4.96. The highest BCUT2D eigenvalue weighted by atomic mass is 16.5. The maximum Gasteiger partial charge on any atom is 0.259 e. The van der Waals surface area contributed by atoms with Crippen molar-refractivity contribution in [3.8, 4) is 5.75 Å². The molecule has 120 valence electrons. The number of nitrogens with one attached hydrogen (secondary N) is 2. The van der Waals surface area contributed by atoms with Crippen LogP contribution in [0, 0.1) is 0 Å². The first-order valence-electron chi connectivity index (χ1n) is 7.51. The van der Waals surface area contributed by atoms with Crippen molar-refractivity contribution >= 4 is 17.5 Å². The van der Waals surface area contributed by atoms with E-state index in [1.165, 1.54) is 0 Å². The molecule has 0 spiro atoms. The summed E-state index contributed by atoms with van der Waals surface area (Å²) in [6.07, 6.45) is 0.865. The molecule has 0 bridgehead atoms. The molecule has 0 atom stereocenters. The third-order valence-corrected chi connectivity index (χ3v) is 3.20. The van der Waals surface area contributed by atoms with Crippen LogP contribution in [0.2, 0.25) is 0 Å². The first-order chi connectivity index (χ1) is 11.2. The van der Waals surface area contributed by atoms with E-state index in [9.17, 15) is 9.59 Å². The molecule has 0 fully saturated rings. The second-order valence-electron chi connectivity index (χ2n) is 4.96. The quantitative estimate of drug-likeness (QED) is 0.861. The highest BCUT2D eigenvalue weighted by Crippen LogP contribution is 2.20. The number of hydrogen-bond acceptors (Lipinski definition) is 3. The Kier molecular flexibility index (Phi) is 5.74. The maximum absolute atomic E-state index is 12.5. The summed E-state index contributed by atoms with van der Waals surface area (Å²) >= 11 is 0. The van der Waals surface area contributed by atoms with Gasteiger partial charge in [-0.1, -0.05) is 25.1 Å². The summed E-state index contributed by atoms with van der Waals surface area (Å²) in [5.41, 5.74) is 1.51. The molecule has 0 saturated carbocycles. The zero-order valence-corrected chi connectivity index (χ0v) is 13.3. The highest BCUT2D eigenvalue weighted by Gasteiger charge is 2.13. The van der Waals surface area contributed by atoms with E-state index in [4.69, 9.17) is 4.74 Å². The molecule has 5 nitrogen and oxygen atoms in total. The molecule has 2 aromatic rings. The van der Waals surface area contributed by atoms with Crippen molar-refractivity contribution in [2.75, 3.05) is 19.0 Å². The molecule has 23 heavy (non-hydrogen) atoms. The minimum atomic E-state index is -0.272. The molecule has 2 amide bonds. The van der Waals surface area contributed by atoms with Crippen molar-refractivity contribution in [3.63, 3.8) is 0 Å². The highest BCUT2D eigenvalue weighted by molar-refractivity contribution is 6.06. The number of carbonyl (C=O) groups excluding carboxylic acids is 2. The molecule has 0 aromatic heterocycles. The zero-order valence-electron chi connectivity index (χ0n) is 13.3. The lowest BCUT2D eigenvalue weighted by Crippen LogP contribution is -2.18. The minimum Gasteiger partial charge on any atom is -0.493 e. The smallest absolute Gasteiger partial charge is 0.259 e. The van der Waals surface area contributed by atoms with Gasteiger partial charge in [-0.05, 0) is 36.8 Å². The third-order valence-electron chi connectivity index (χ3n) is 3.20. The zero-order chi connectivity index (χ0) is 16.7. The molecule has 2 rings (SSSR count). The first-order valence-corrected chi connectivity index (χ1v) is 7.51. The monoisotopic (exact) mass is 312 g/mol. The van der Waals surface area contributed by atoms with Crippen LogP contribution in [0.1, 0.15) is 34.1 Å². The van der Waals surface area contributed by atoms with Gasteiger partial charge in [0.1, 0.15) is 5.75 Å². The molecular formula is C18H20N2O3. The molecule has 0 aliphatic heterocycles. The van der Waals surface area contributed by atoms with Gasteiger partial charge in [-0.15, -0.1) is 0 Å². The SMILES string of the molecule is CCCOc1ccccc1C(=O)Nc1cccc(C(=O)NC)c1. The van der Waals surface area contributed by atoms with Crippen molar-refractivity contribution in [1.29, 1.82) is 0 Å². The van der Waals surface area contributed by atoms with Crippen LogP contribution >= 0.6 is 0 Å². The van der Waals surface area contributed by atoms with Crippen LogP contribution in [0.4, 0.5) is 5.69 Å². The summed E-state index contributed by atoms with van der Waals surface area (Å²) < 4.78 is 5.60. The fraction of sp³-hybridized carbons (Fsp3) is 0.222. The van der Waals surface area contributed by atoms with Crippen molar-refractivity contribution in [2.45, 2.75) is 13.3 Å². The van der Waals surface area contributed by atoms with Gasteiger partial charge in [0.15, 0.2) is 0 Å². The number of benzene rings is 2. The van der Waals surface area contributed by atoms with Gasteiger partial charge in [0, 0.05) is 18.3 Å². The van der Waals surface area contributed by atoms with Crippen LogP contribution in [0.3, 0.4) is 0 Å². The van der Waals surface area contributed by atoms with E-state index in [-0.39, 0.29) is 11.8 Å². The molecule has 0 aliphatic carbocycles. The van der Waals surface area contributed by atoms with Gasteiger partial charge in [-0.3, -0.25) is 9.59 Å². The molecule has 5 heteroatoms. The summed E-state index contributed by atoms with van der Waals surface area (Å²) in [6.45, 7) is 2.56. The Morgan fingerprint density at radius 3 is 2.57 bits per heavy atom. The Labute approximate surface area is 135 Å². The van der Waals surface area contributed by atoms with E-state index < -0.39 is 0 Å². The van der Waals surface area contributed by atoms with E-state index in [1.54, 1.807) is 49.5 Å². The predicted octanol–water partition coefficient (Wildman–Crippen LogP) is 3.09. The number of amides is 2. The summed E-state index contributed by atoms with van der Waals surface area (Å²) in [7, 11) is 1.56. The summed E-state index contributed by atoms with van der Waals surface area (Å²) in [5.74, 6) is 0.0767. The van der Waals surface area contributed by atoms with Gasteiger partial charge in [-0.25, -0.2) is 0 Å². The largest absolute Gasteiger partial charge is 0.493 e. The van der Waals surface area contributed by atoms with E-state index in [0.717, 1.165) is 6.42 Å². The number of anilines is 1. The molecule has 0 heterocycles. The fourth-order valence-corrected chi connectivity index (χ4v) is 2.07. The van der Waals surface area contributed by atoms with E-state index in [2.05, 4.69) is 10.6 Å². The molecule has 2 aromatic carbocycles. The maximum atomic E-state index is 12.5.